The number of aromatic hydroxyl groups is 2. The standard InChI is InChI=1S/C43H38F6N4O6/c1-6-7-14-50-40(56)34(30-20(4)52(42(58)22-10-8-12-24(44)15-22)28-17-26(46)38(54)36(48)32(28)30)35(41(57)51-19(2)3)31-21(5)53(43(59)23-11-9-13-25(45)16-23)29-18-27(47)39(55)37(49)33(29)31/h8-13,15-19,34-35,54-55H,6-7,14H2,1-5H3,(H,50,56)(H,51,57). The lowest BCUT2D eigenvalue weighted by Gasteiger charge is -2.28. The highest BCUT2D eigenvalue weighted by atomic mass is 19.2. The molecule has 0 aliphatic heterocycles. The minimum absolute atomic E-state index is 0.0220. The van der Waals surface area contributed by atoms with Crippen molar-refractivity contribution in [1.82, 2.24) is 19.8 Å². The fourth-order valence-electron chi connectivity index (χ4n) is 7.58. The van der Waals surface area contributed by atoms with Crippen molar-refractivity contribution in [2.45, 2.75) is 65.3 Å². The molecule has 0 aliphatic carbocycles. The number of hydrogen-bond acceptors (Lipinski definition) is 6. The van der Waals surface area contributed by atoms with Crippen LogP contribution in [0.4, 0.5) is 26.3 Å². The second-order valence-corrected chi connectivity index (χ2v) is 14.4. The Labute approximate surface area is 333 Å². The third-order valence-electron chi connectivity index (χ3n) is 10.1. The van der Waals surface area contributed by atoms with Crippen LogP contribution in [0, 0.1) is 48.8 Å². The lowest BCUT2D eigenvalue weighted by Crippen LogP contribution is -2.42. The van der Waals surface area contributed by atoms with Gasteiger partial charge in [-0.05, 0) is 81.6 Å². The predicted octanol–water partition coefficient (Wildman–Crippen LogP) is 8.14. The second-order valence-electron chi connectivity index (χ2n) is 14.4. The molecule has 6 aromatic rings. The van der Waals surface area contributed by atoms with Crippen LogP contribution >= 0.6 is 0 Å². The van der Waals surface area contributed by atoms with Gasteiger partial charge in [-0.3, -0.25) is 28.3 Å². The summed E-state index contributed by atoms with van der Waals surface area (Å²) in [5.74, 6) is -19.2. The molecule has 2 unspecified atom stereocenters. The Morgan fingerprint density at radius 2 is 1.08 bits per heavy atom. The van der Waals surface area contributed by atoms with E-state index in [-0.39, 0.29) is 29.1 Å². The van der Waals surface area contributed by atoms with Gasteiger partial charge in [-0.15, -0.1) is 0 Å². The number of aromatic nitrogens is 2. The molecule has 4 aromatic carbocycles. The van der Waals surface area contributed by atoms with Gasteiger partial charge in [0.1, 0.15) is 11.6 Å². The number of fused-ring (bicyclic) bond motifs is 2. The summed E-state index contributed by atoms with van der Waals surface area (Å²) in [6.07, 6.45) is 0.956. The van der Waals surface area contributed by atoms with Crippen LogP contribution in [0.15, 0.2) is 60.7 Å². The summed E-state index contributed by atoms with van der Waals surface area (Å²) in [4.78, 5) is 58.0. The van der Waals surface area contributed by atoms with E-state index in [2.05, 4.69) is 10.6 Å². The summed E-state index contributed by atoms with van der Waals surface area (Å²) < 4.78 is 94.0. The number of rotatable bonds is 11. The number of nitrogens with one attached hydrogen (secondary N) is 2. The maximum atomic E-state index is 16.6. The molecule has 0 bridgehead atoms. The molecule has 0 radical (unpaired) electrons. The van der Waals surface area contributed by atoms with Gasteiger partial charge in [0.25, 0.3) is 11.8 Å². The van der Waals surface area contributed by atoms with Crippen molar-refractivity contribution in [1.29, 1.82) is 0 Å². The van der Waals surface area contributed by atoms with Crippen LogP contribution in [-0.2, 0) is 9.59 Å². The van der Waals surface area contributed by atoms with E-state index in [0.717, 1.165) is 33.4 Å². The van der Waals surface area contributed by atoms with Gasteiger partial charge in [-0.25, -0.2) is 26.3 Å². The maximum Gasteiger partial charge on any atom is 0.262 e. The monoisotopic (exact) mass is 820 g/mol. The van der Waals surface area contributed by atoms with Gasteiger partial charge in [-0.1, -0.05) is 25.5 Å². The third kappa shape index (κ3) is 7.38. The number of amides is 2. The summed E-state index contributed by atoms with van der Waals surface area (Å²) in [6.45, 7) is 7.35. The first kappa shape index (κ1) is 42.0. The van der Waals surface area contributed by atoms with E-state index in [9.17, 15) is 38.2 Å². The van der Waals surface area contributed by atoms with Crippen LogP contribution in [0.5, 0.6) is 11.5 Å². The molecule has 2 amide bonds. The topological polar surface area (TPSA) is 143 Å². The number of unbranched alkanes of at least 4 members (excludes halogenated alkanes) is 1. The number of carbonyl (C=O) groups excluding carboxylic acids is 4. The first-order chi connectivity index (χ1) is 27.9. The van der Waals surface area contributed by atoms with Crippen molar-refractivity contribution in [3.8, 4) is 11.5 Å². The quantitative estimate of drug-likeness (QED) is 0.0768. The van der Waals surface area contributed by atoms with Gasteiger partial charge in [0.15, 0.2) is 34.8 Å². The first-order valence-electron chi connectivity index (χ1n) is 18.5. The van der Waals surface area contributed by atoms with E-state index in [4.69, 9.17) is 0 Å². The highest BCUT2D eigenvalue weighted by molar-refractivity contribution is 6.09. The van der Waals surface area contributed by atoms with Gasteiger partial charge in [-0.2, -0.15) is 0 Å². The van der Waals surface area contributed by atoms with Crippen molar-refractivity contribution in [3.63, 3.8) is 0 Å². The Balaban J connectivity index is 1.79. The Kier molecular flexibility index (Phi) is 11.6. The van der Waals surface area contributed by atoms with Gasteiger partial charge in [0, 0.05) is 58.0 Å². The second kappa shape index (κ2) is 16.3. The molecule has 0 saturated heterocycles. The zero-order chi connectivity index (χ0) is 43.2. The summed E-state index contributed by atoms with van der Waals surface area (Å²) in [5.41, 5.74) is -3.20. The normalized spacial score (nSPS) is 12.6. The highest BCUT2D eigenvalue weighted by Gasteiger charge is 2.45. The molecule has 6 rings (SSSR count). The molecule has 0 aliphatic rings. The van der Waals surface area contributed by atoms with E-state index in [0.29, 0.717) is 25.0 Å². The minimum Gasteiger partial charge on any atom is -0.503 e. The van der Waals surface area contributed by atoms with Gasteiger partial charge in [0.2, 0.25) is 11.8 Å². The van der Waals surface area contributed by atoms with Crippen molar-refractivity contribution < 1.29 is 55.7 Å². The molecule has 0 fully saturated rings. The third-order valence-corrected chi connectivity index (χ3v) is 10.1. The molecule has 2 aromatic heterocycles. The van der Waals surface area contributed by atoms with Crippen LogP contribution in [0.25, 0.3) is 21.8 Å². The summed E-state index contributed by atoms with van der Waals surface area (Å²) >= 11 is 0. The van der Waals surface area contributed by atoms with Crippen molar-refractivity contribution >= 4 is 45.4 Å². The SMILES string of the molecule is CCCCNC(=O)C(c1c(C)n(C(=O)c2cccc(F)c2)c2cc(F)c(O)c(F)c12)C(C(=O)NC(C)C)c1c(C)n(C(=O)c2cccc(F)c2)c2cc(F)c(O)c(F)c12. The number of halogens is 6. The molecule has 16 heteroatoms. The number of benzene rings is 4. The number of phenols is 2. The van der Waals surface area contributed by atoms with Gasteiger partial charge in [0.05, 0.1) is 22.9 Å². The molecule has 2 heterocycles. The van der Waals surface area contributed by atoms with E-state index in [1.54, 1.807) is 13.8 Å². The molecule has 4 N–H and O–H groups in total. The van der Waals surface area contributed by atoms with Crippen molar-refractivity contribution in [3.05, 3.63) is 129 Å². The highest BCUT2D eigenvalue weighted by Crippen LogP contribution is 2.48. The number of hydrogen-bond donors (Lipinski definition) is 4. The Bertz CT molecular complexity index is 2710. The van der Waals surface area contributed by atoms with E-state index >= 15 is 17.6 Å². The van der Waals surface area contributed by atoms with Crippen LogP contribution < -0.4 is 10.6 Å². The Hall–Kier alpha value is -6.58. The van der Waals surface area contributed by atoms with Crippen LogP contribution in [0.2, 0.25) is 0 Å². The number of carbonyl (C=O) groups is 4. The lowest BCUT2D eigenvalue weighted by atomic mass is 9.77. The van der Waals surface area contributed by atoms with Crippen LogP contribution in [0.1, 0.15) is 88.7 Å². The lowest BCUT2D eigenvalue weighted by molar-refractivity contribution is -0.129. The predicted molar refractivity (Wildman–Crippen MR) is 205 cm³/mol. The first-order valence-corrected chi connectivity index (χ1v) is 18.5. The number of nitrogens with zero attached hydrogens (tertiary/aromatic N) is 2. The largest absolute Gasteiger partial charge is 0.503 e. The van der Waals surface area contributed by atoms with Crippen LogP contribution in [0.3, 0.4) is 0 Å². The van der Waals surface area contributed by atoms with E-state index in [1.165, 1.54) is 38.1 Å². The smallest absolute Gasteiger partial charge is 0.262 e. The summed E-state index contributed by atoms with van der Waals surface area (Å²) in [7, 11) is 0. The molecule has 10 nitrogen and oxygen atoms in total. The van der Waals surface area contributed by atoms with Gasteiger partial charge < -0.3 is 20.8 Å². The molecule has 59 heavy (non-hydrogen) atoms. The zero-order valence-corrected chi connectivity index (χ0v) is 32.3. The fourth-order valence-corrected chi connectivity index (χ4v) is 7.58. The van der Waals surface area contributed by atoms with Gasteiger partial charge >= 0.3 is 0 Å². The van der Waals surface area contributed by atoms with E-state index in [1.807, 2.05) is 6.92 Å². The Morgan fingerprint density at radius 1 is 0.661 bits per heavy atom. The molecule has 2 atom stereocenters. The molecular formula is C43H38F6N4O6. The average Bonchev–Trinajstić information content (AvgIpc) is 3.62. The molecular weight excluding hydrogens is 782 g/mol. The van der Waals surface area contributed by atoms with E-state index < -0.39 is 121 Å². The average molecular weight is 821 g/mol. The van der Waals surface area contributed by atoms with Crippen molar-refractivity contribution in [2.24, 2.45) is 0 Å². The zero-order valence-electron chi connectivity index (χ0n) is 32.3. The molecule has 308 valence electrons. The maximum absolute atomic E-state index is 16.6. The minimum atomic E-state index is -2.05. The van der Waals surface area contributed by atoms with Crippen LogP contribution in [-0.4, -0.2) is 55.6 Å². The molecule has 0 spiro atoms. The van der Waals surface area contributed by atoms with Crippen molar-refractivity contribution in [2.75, 3.05) is 6.54 Å². The summed E-state index contributed by atoms with van der Waals surface area (Å²) in [6, 6.07) is 9.22. The fraction of sp³-hybridized carbons (Fsp3) is 0.256. The molecule has 0 saturated carbocycles. The number of phenolic OH excluding ortho intramolecular Hbond substituents is 2. The Morgan fingerprint density at radius 3 is 1.47 bits per heavy atom. The summed E-state index contributed by atoms with van der Waals surface area (Å²) in [5, 5.41) is 25.1.